The van der Waals surface area contributed by atoms with Crippen LogP contribution in [0.3, 0.4) is 0 Å². The van der Waals surface area contributed by atoms with Gasteiger partial charge < -0.3 is 10.8 Å². The first-order chi connectivity index (χ1) is 7.63. The number of rotatable bonds is 6. The summed E-state index contributed by atoms with van der Waals surface area (Å²) in [6, 6.07) is 7.83. The van der Waals surface area contributed by atoms with E-state index in [9.17, 15) is 4.79 Å². The van der Waals surface area contributed by atoms with Gasteiger partial charge in [0.2, 0.25) is 0 Å². The third-order valence-electron chi connectivity index (χ3n) is 2.29. The predicted molar refractivity (Wildman–Crippen MR) is 66.6 cm³/mol. The van der Waals surface area contributed by atoms with Gasteiger partial charge in [0, 0.05) is 17.4 Å². The predicted octanol–water partition coefficient (Wildman–Crippen LogP) is 2.66. The molecule has 1 aromatic carbocycles. The molecule has 1 rings (SSSR count). The normalized spacial score (nSPS) is 12.4. The minimum atomic E-state index is -0.798. The highest BCUT2D eigenvalue weighted by atomic mass is 32.2. The van der Waals surface area contributed by atoms with E-state index in [2.05, 4.69) is 6.92 Å². The van der Waals surface area contributed by atoms with Crippen LogP contribution in [0.25, 0.3) is 0 Å². The molecule has 1 atom stereocenters. The summed E-state index contributed by atoms with van der Waals surface area (Å²) in [5.41, 5.74) is 6.90. The molecule has 0 heterocycles. The van der Waals surface area contributed by atoms with Crippen molar-refractivity contribution in [2.45, 2.75) is 30.7 Å². The van der Waals surface area contributed by atoms with Gasteiger partial charge in [-0.2, -0.15) is 0 Å². The SMILES string of the molecule is CCSc1ccc(C(N)CCC(=O)O)cc1. The van der Waals surface area contributed by atoms with E-state index in [1.165, 1.54) is 4.90 Å². The molecule has 0 amide bonds. The Morgan fingerprint density at radius 3 is 2.56 bits per heavy atom. The molecule has 0 aliphatic rings. The van der Waals surface area contributed by atoms with Crippen LogP contribution in [-0.2, 0) is 4.79 Å². The second-order valence-electron chi connectivity index (χ2n) is 3.54. The number of aliphatic carboxylic acids is 1. The lowest BCUT2D eigenvalue weighted by atomic mass is 10.0. The standard InChI is InChI=1S/C12H17NO2S/c1-2-16-10-5-3-9(4-6-10)11(13)7-8-12(14)15/h3-6,11H,2,7-8,13H2,1H3,(H,14,15). The highest BCUT2D eigenvalue weighted by Crippen LogP contribution is 2.21. The van der Waals surface area contributed by atoms with Gasteiger partial charge in [0.05, 0.1) is 0 Å². The van der Waals surface area contributed by atoms with E-state index in [0.717, 1.165) is 11.3 Å². The molecular formula is C12H17NO2S. The first kappa shape index (κ1) is 13.1. The molecule has 0 spiro atoms. The minimum absolute atomic E-state index is 0.118. The molecule has 1 unspecified atom stereocenters. The molecule has 88 valence electrons. The zero-order valence-corrected chi connectivity index (χ0v) is 10.2. The van der Waals surface area contributed by atoms with E-state index in [-0.39, 0.29) is 12.5 Å². The van der Waals surface area contributed by atoms with E-state index < -0.39 is 5.97 Å². The molecule has 3 nitrogen and oxygen atoms in total. The van der Waals surface area contributed by atoms with Crippen molar-refractivity contribution in [3.63, 3.8) is 0 Å². The Kier molecular flexibility index (Phi) is 5.35. The molecule has 4 heteroatoms. The largest absolute Gasteiger partial charge is 0.481 e. The van der Waals surface area contributed by atoms with E-state index in [1.54, 1.807) is 11.8 Å². The summed E-state index contributed by atoms with van der Waals surface area (Å²) in [5, 5.41) is 8.56. The van der Waals surface area contributed by atoms with Gasteiger partial charge in [-0.1, -0.05) is 19.1 Å². The van der Waals surface area contributed by atoms with E-state index >= 15 is 0 Å². The Balaban J connectivity index is 2.55. The molecule has 0 fully saturated rings. The van der Waals surface area contributed by atoms with Gasteiger partial charge in [-0.15, -0.1) is 11.8 Å². The van der Waals surface area contributed by atoms with Crippen LogP contribution in [0.5, 0.6) is 0 Å². The van der Waals surface area contributed by atoms with Crippen molar-refractivity contribution in [1.29, 1.82) is 0 Å². The van der Waals surface area contributed by atoms with Crippen molar-refractivity contribution in [3.05, 3.63) is 29.8 Å². The quantitative estimate of drug-likeness (QED) is 0.749. The molecule has 0 saturated heterocycles. The summed E-state index contributed by atoms with van der Waals surface area (Å²) >= 11 is 1.78. The van der Waals surface area contributed by atoms with Crippen LogP contribution in [0.2, 0.25) is 0 Å². The fraction of sp³-hybridized carbons (Fsp3) is 0.417. The summed E-state index contributed by atoms with van der Waals surface area (Å²) in [7, 11) is 0. The Morgan fingerprint density at radius 1 is 1.44 bits per heavy atom. The lowest BCUT2D eigenvalue weighted by molar-refractivity contribution is -0.137. The minimum Gasteiger partial charge on any atom is -0.481 e. The van der Waals surface area contributed by atoms with Crippen LogP contribution in [-0.4, -0.2) is 16.8 Å². The summed E-state index contributed by atoms with van der Waals surface area (Å²) in [6.07, 6.45) is 0.599. The summed E-state index contributed by atoms with van der Waals surface area (Å²) < 4.78 is 0. The summed E-state index contributed by atoms with van der Waals surface area (Å²) in [5.74, 6) is 0.248. The molecule has 0 aliphatic carbocycles. The second-order valence-corrected chi connectivity index (χ2v) is 4.88. The summed E-state index contributed by atoms with van der Waals surface area (Å²) in [4.78, 5) is 11.6. The van der Waals surface area contributed by atoms with E-state index in [1.807, 2.05) is 24.3 Å². The van der Waals surface area contributed by atoms with Gasteiger partial charge >= 0.3 is 5.97 Å². The summed E-state index contributed by atoms with van der Waals surface area (Å²) in [6.45, 7) is 2.11. The molecule has 0 aliphatic heterocycles. The first-order valence-corrected chi connectivity index (χ1v) is 6.32. The third-order valence-corrected chi connectivity index (χ3v) is 3.18. The van der Waals surface area contributed by atoms with Crippen molar-refractivity contribution >= 4 is 17.7 Å². The zero-order valence-electron chi connectivity index (χ0n) is 9.35. The number of thioether (sulfide) groups is 1. The molecule has 0 aromatic heterocycles. The number of carboxylic acid groups (broad SMARTS) is 1. The van der Waals surface area contributed by atoms with Crippen LogP contribution in [0, 0.1) is 0 Å². The van der Waals surface area contributed by atoms with Gasteiger partial charge in [0.25, 0.3) is 0 Å². The Labute approximate surface area is 100 Å². The zero-order chi connectivity index (χ0) is 12.0. The average molecular weight is 239 g/mol. The van der Waals surface area contributed by atoms with Crippen LogP contribution >= 0.6 is 11.8 Å². The van der Waals surface area contributed by atoms with Crippen LogP contribution in [0.15, 0.2) is 29.2 Å². The lowest BCUT2D eigenvalue weighted by Crippen LogP contribution is -2.12. The van der Waals surface area contributed by atoms with Gasteiger partial charge in [0.15, 0.2) is 0 Å². The maximum Gasteiger partial charge on any atom is 0.303 e. The fourth-order valence-corrected chi connectivity index (χ4v) is 2.09. The number of carboxylic acids is 1. The van der Waals surface area contributed by atoms with Crippen LogP contribution in [0.1, 0.15) is 31.4 Å². The number of benzene rings is 1. The Hall–Kier alpha value is -1.00. The van der Waals surface area contributed by atoms with Crippen molar-refractivity contribution < 1.29 is 9.90 Å². The monoisotopic (exact) mass is 239 g/mol. The van der Waals surface area contributed by atoms with Gasteiger partial charge in [-0.05, 0) is 29.9 Å². The average Bonchev–Trinajstić information content (AvgIpc) is 2.27. The second kappa shape index (κ2) is 6.55. The lowest BCUT2D eigenvalue weighted by Gasteiger charge is -2.11. The van der Waals surface area contributed by atoms with Crippen molar-refractivity contribution in [3.8, 4) is 0 Å². The van der Waals surface area contributed by atoms with Gasteiger partial charge in [-0.3, -0.25) is 4.79 Å². The van der Waals surface area contributed by atoms with Gasteiger partial charge in [-0.25, -0.2) is 0 Å². The van der Waals surface area contributed by atoms with Crippen molar-refractivity contribution in [2.75, 3.05) is 5.75 Å². The highest BCUT2D eigenvalue weighted by molar-refractivity contribution is 7.99. The molecule has 1 aromatic rings. The number of hydrogen-bond donors (Lipinski definition) is 2. The first-order valence-electron chi connectivity index (χ1n) is 5.33. The number of nitrogens with two attached hydrogens (primary N) is 1. The van der Waals surface area contributed by atoms with E-state index in [0.29, 0.717) is 6.42 Å². The van der Waals surface area contributed by atoms with Crippen LogP contribution < -0.4 is 5.73 Å². The fourth-order valence-electron chi connectivity index (χ4n) is 1.42. The Morgan fingerprint density at radius 2 is 2.06 bits per heavy atom. The third kappa shape index (κ3) is 4.24. The molecular weight excluding hydrogens is 222 g/mol. The number of hydrogen-bond acceptors (Lipinski definition) is 3. The molecule has 0 bridgehead atoms. The molecule has 16 heavy (non-hydrogen) atoms. The smallest absolute Gasteiger partial charge is 0.303 e. The molecule has 0 saturated carbocycles. The molecule has 0 radical (unpaired) electrons. The molecule has 3 N–H and O–H groups in total. The van der Waals surface area contributed by atoms with Crippen molar-refractivity contribution in [2.24, 2.45) is 5.73 Å². The topological polar surface area (TPSA) is 63.3 Å². The van der Waals surface area contributed by atoms with Gasteiger partial charge in [0.1, 0.15) is 0 Å². The highest BCUT2D eigenvalue weighted by Gasteiger charge is 2.08. The van der Waals surface area contributed by atoms with E-state index in [4.69, 9.17) is 10.8 Å². The number of carbonyl (C=O) groups is 1. The maximum absolute atomic E-state index is 10.4. The maximum atomic E-state index is 10.4. The van der Waals surface area contributed by atoms with Crippen LogP contribution in [0.4, 0.5) is 0 Å². The Bertz CT molecular complexity index is 337. The van der Waals surface area contributed by atoms with Crippen molar-refractivity contribution in [1.82, 2.24) is 0 Å².